The summed E-state index contributed by atoms with van der Waals surface area (Å²) >= 11 is 0. The Morgan fingerprint density at radius 1 is 0.310 bits per heavy atom. The summed E-state index contributed by atoms with van der Waals surface area (Å²) in [5, 5.41) is 0. The molecule has 0 heterocycles. The van der Waals surface area contributed by atoms with Crippen molar-refractivity contribution in [1.29, 1.82) is 0 Å². The van der Waals surface area contributed by atoms with Gasteiger partial charge in [0.1, 0.15) is 42.6 Å². The zero-order valence-electron chi connectivity index (χ0n) is 37.0. The van der Waals surface area contributed by atoms with Crippen LogP contribution in [0, 0.1) is 0 Å². The van der Waals surface area contributed by atoms with Crippen LogP contribution in [0.25, 0.3) is 27.8 Å². The first-order valence-electron chi connectivity index (χ1n) is 21.8. The van der Waals surface area contributed by atoms with Crippen molar-refractivity contribution in [3.8, 4) is 45.3 Å². The molecule has 71 heavy (non-hydrogen) atoms. The molecular formula is C55H38O12S4. The maximum Gasteiger partial charge on any atom is 0.339 e. The minimum atomic E-state index is -4.32. The monoisotopic (exact) mass is 1020 g/mol. The number of para-hydroxylation sites is 4. The Hall–Kier alpha value is -8.02. The van der Waals surface area contributed by atoms with Crippen LogP contribution in [0.4, 0.5) is 0 Å². The molecule has 0 N–H and O–H groups in total. The van der Waals surface area contributed by atoms with Crippen LogP contribution >= 0.6 is 0 Å². The van der Waals surface area contributed by atoms with E-state index in [0.29, 0.717) is 50.1 Å². The lowest BCUT2D eigenvalue weighted by Gasteiger charge is -2.12. The molecule has 0 bridgehead atoms. The summed E-state index contributed by atoms with van der Waals surface area (Å²) in [6.07, 6.45) is 8.60. The van der Waals surface area contributed by atoms with Crippen molar-refractivity contribution in [1.82, 2.24) is 0 Å². The quantitative estimate of drug-likeness (QED) is 0.0703. The third kappa shape index (κ3) is 9.65. The maximum absolute atomic E-state index is 13.6. The predicted molar refractivity (Wildman–Crippen MR) is 268 cm³/mol. The minimum absolute atomic E-state index is 0.114. The SMILES string of the molecule is O=S(=O)(Oc1ccccc1)c1ccc2c(c1)C(=C/C=C/C=C/C1c3cc(S(=O)(=O)Oc4ccccc4)ccc3-c3ccc(S(=O)(=O)Oc4ccccc4)cc31)c1cc(S(=O)(=O)Oc3ccccc3)ccc1-2. The van der Waals surface area contributed by atoms with E-state index in [9.17, 15) is 33.7 Å². The van der Waals surface area contributed by atoms with Crippen molar-refractivity contribution >= 4 is 46.0 Å². The summed E-state index contributed by atoms with van der Waals surface area (Å²) < 4.78 is 131. The minimum Gasteiger partial charge on any atom is -0.379 e. The fourth-order valence-corrected chi connectivity index (χ4v) is 12.2. The van der Waals surface area contributed by atoms with Gasteiger partial charge in [-0.2, -0.15) is 33.7 Å². The van der Waals surface area contributed by atoms with Crippen LogP contribution < -0.4 is 16.7 Å². The molecule has 0 amide bonds. The zero-order chi connectivity index (χ0) is 49.4. The molecule has 16 heteroatoms. The molecular weight excluding hydrogens is 981 g/mol. The highest BCUT2D eigenvalue weighted by molar-refractivity contribution is 7.88. The third-order valence-electron chi connectivity index (χ3n) is 11.6. The smallest absolute Gasteiger partial charge is 0.339 e. The van der Waals surface area contributed by atoms with Crippen LogP contribution in [0.2, 0.25) is 0 Å². The number of rotatable bonds is 15. The summed E-state index contributed by atoms with van der Waals surface area (Å²) in [6.45, 7) is 0. The number of benzene rings is 8. The average Bonchev–Trinajstić information content (AvgIpc) is 3.85. The lowest BCUT2D eigenvalue weighted by Crippen LogP contribution is -2.10. The molecule has 0 radical (unpaired) electrons. The van der Waals surface area contributed by atoms with Crippen molar-refractivity contribution in [2.24, 2.45) is 0 Å². The van der Waals surface area contributed by atoms with Gasteiger partial charge in [-0.3, -0.25) is 0 Å². The van der Waals surface area contributed by atoms with Crippen molar-refractivity contribution in [2.75, 3.05) is 0 Å². The first-order valence-corrected chi connectivity index (χ1v) is 27.4. The largest absolute Gasteiger partial charge is 0.379 e. The Morgan fingerprint density at radius 2 is 0.620 bits per heavy atom. The maximum atomic E-state index is 13.6. The van der Waals surface area contributed by atoms with Crippen LogP contribution in [-0.4, -0.2) is 33.7 Å². The molecule has 0 unspecified atom stereocenters. The van der Waals surface area contributed by atoms with Crippen LogP contribution in [0.5, 0.6) is 23.0 Å². The van der Waals surface area contributed by atoms with Gasteiger partial charge in [0, 0.05) is 5.92 Å². The number of allylic oxidation sites excluding steroid dienone is 5. The van der Waals surface area contributed by atoms with Crippen LogP contribution in [-0.2, 0) is 40.5 Å². The van der Waals surface area contributed by atoms with Gasteiger partial charge in [0.25, 0.3) is 0 Å². The van der Waals surface area contributed by atoms with Crippen LogP contribution in [0.1, 0.15) is 28.2 Å². The van der Waals surface area contributed by atoms with E-state index in [4.69, 9.17) is 16.7 Å². The van der Waals surface area contributed by atoms with Crippen molar-refractivity contribution in [2.45, 2.75) is 25.5 Å². The number of hydrogen-bond acceptors (Lipinski definition) is 12. The molecule has 2 aliphatic carbocycles. The van der Waals surface area contributed by atoms with Gasteiger partial charge in [-0.05, 0) is 147 Å². The summed E-state index contributed by atoms with van der Waals surface area (Å²) in [6, 6.07) is 50.6. The van der Waals surface area contributed by atoms with Crippen molar-refractivity contribution in [3.63, 3.8) is 0 Å². The Labute approximate surface area is 411 Å². The molecule has 2 aliphatic rings. The second-order valence-electron chi connectivity index (χ2n) is 16.1. The molecule has 0 saturated heterocycles. The van der Waals surface area contributed by atoms with Gasteiger partial charge in [-0.25, -0.2) is 0 Å². The molecule has 8 aromatic rings. The van der Waals surface area contributed by atoms with E-state index in [1.54, 1.807) is 127 Å². The van der Waals surface area contributed by atoms with Gasteiger partial charge in [0.05, 0.1) is 0 Å². The van der Waals surface area contributed by atoms with E-state index in [-0.39, 0.29) is 42.6 Å². The molecule has 0 spiro atoms. The average molecular weight is 1020 g/mol. The van der Waals surface area contributed by atoms with Gasteiger partial charge in [0.2, 0.25) is 0 Å². The van der Waals surface area contributed by atoms with E-state index < -0.39 is 46.4 Å². The van der Waals surface area contributed by atoms with E-state index in [1.807, 2.05) is 0 Å². The molecule has 12 nitrogen and oxygen atoms in total. The highest BCUT2D eigenvalue weighted by Gasteiger charge is 2.33. The van der Waals surface area contributed by atoms with Gasteiger partial charge < -0.3 is 16.7 Å². The molecule has 0 fully saturated rings. The van der Waals surface area contributed by atoms with Gasteiger partial charge in [-0.15, -0.1) is 0 Å². The van der Waals surface area contributed by atoms with E-state index >= 15 is 0 Å². The Bertz CT molecular complexity index is 3670. The van der Waals surface area contributed by atoms with Crippen LogP contribution in [0.15, 0.2) is 244 Å². The topological polar surface area (TPSA) is 173 Å². The van der Waals surface area contributed by atoms with E-state index in [0.717, 1.165) is 0 Å². The highest BCUT2D eigenvalue weighted by Crippen LogP contribution is 2.48. The first kappa shape index (κ1) is 46.7. The molecule has 0 aliphatic heterocycles. The molecule has 0 aromatic heterocycles. The van der Waals surface area contributed by atoms with Gasteiger partial charge >= 0.3 is 40.5 Å². The standard InChI is InChI=1S/C55H38O12S4/c56-68(57,64-38-16-6-1-7-17-38)42-26-30-48-49-31-27-43(69(58,59)65-39-18-8-2-9-19-39)35-53(49)46(52(48)34-42)24-14-5-15-25-47-54-36-44(70(60,61)66-40-20-10-3-11-21-40)28-32-50(54)51-33-29-45(37-55(47)51)71(62,63)67-41-22-12-4-13-23-41/h1-37,46H/b15-5+,24-14+. The Balaban J connectivity index is 1.03. The van der Waals surface area contributed by atoms with E-state index in [2.05, 4.69) is 0 Å². The normalized spacial score (nSPS) is 13.3. The first-order chi connectivity index (χ1) is 34.1. The summed E-state index contributed by atoms with van der Waals surface area (Å²) in [7, 11) is -17.3. The van der Waals surface area contributed by atoms with Crippen molar-refractivity contribution < 1.29 is 50.4 Å². The third-order valence-corrected chi connectivity index (χ3v) is 16.6. The molecule has 10 rings (SSSR count). The molecule has 0 saturated carbocycles. The number of hydrogen-bond donors (Lipinski definition) is 0. The van der Waals surface area contributed by atoms with Gasteiger partial charge in [0.15, 0.2) is 0 Å². The molecule has 8 aromatic carbocycles. The van der Waals surface area contributed by atoms with Gasteiger partial charge in [-0.1, -0.05) is 127 Å². The second-order valence-corrected chi connectivity index (χ2v) is 22.3. The Morgan fingerprint density at radius 3 is 0.958 bits per heavy atom. The van der Waals surface area contributed by atoms with Crippen molar-refractivity contribution in [3.05, 3.63) is 247 Å². The highest BCUT2D eigenvalue weighted by atomic mass is 32.2. The fraction of sp³-hybridized carbons (Fsp3) is 0.0182. The predicted octanol–water partition coefficient (Wildman–Crippen LogP) is 11.1. The molecule has 354 valence electrons. The summed E-state index contributed by atoms with van der Waals surface area (Å²) in [4.78, 5) is -0.492. The summed E-state index contributed by atoms with van der Waals surface area (Å²) in [5.74, 6) is -0.161. The summed E-state index contributed by atoms with van der Waals surface area (Å²) in [5.41, 5.74) is 5.24. The lowest BCUT2D eigenvalue weighted by atomic mass is 9.96. The molecule has 0 atom stereocenters. The lowest BCUT2D eigenvalue weighted by molar-refractivity contribution is 0.484. The Kier molecular flexibility index (Phi) is 12.3. The number of fused-ring (bicyclic) bond motifs is 6. The fourth-order valence-electron chi connectivity index (χ4n) is 8.37. The van der Waals surface area contributed by atoms with E-state index in [1.165, 1.54) is 97.1 Å². The second kappa shape index (κ2) is 18.7. The van der Waals surface area contributed by atoms with Crippen LogP contribution in [0.3, 0.4) is 0 Å². The zero-order valence-corrected chi connectivity index (χ0v) is 40.2.